The molecule has 0 bridgehead atoms. The number of benzene rings is 2. The van der Waals surface area contributed by atoms with Crippen molar-refractivity contribution >= 4 is 29.5 Å². The van der Waals surface area contributed by atoms with Gasteiger partial charge in [0, 0.05) is 10.7 Å². The molecule has 2 aromatic rings. The quantitative estimate of drug-likeness (QED) is 0.826. The van der Waals surface area contributed by atoms with Gasteiger partial charge >= 0.3 is 0 Å². The summed E-state index contributed by atoms with van der Waals surface area (Å²) in [5.41, 5.74) is 2.13. The third-order valence-electron chi connectivity index (χ3n) is 3.13. The minimum absolute atomic E-state index is 0.180. The monoisotopic (exact) mass is 317 g/mol. The molecule has 0 aromatic heterocycles. The maximum Gasteiger partial charge on any atom is 0.262 e. The predicted octanol–water partition coefficient (Wildman–Crippen LogP) is 3.73. The van der Waals surface area contributed by atoms with E-state index in [4.69, 9.17) is 16.3 Å². The van der Waals surface area contributed by atoms with Crippen LogP contribution < -0.4 is 10.1 Å². The van der Waals surface area contributed by atoms with Crippen molar-refractivity contribution in [3.63, 3.8) is 0 Å². The lowest BCUT2D eigenvalue weighted by Crippen LogP contribution is -2.21. The summed E-state index contributed by atoms with van der Waals surface area (Å²) in [6.45, 7) is 1.84. The second-order valence-corrected chi connectivity index (χ2v) is 5.08. The van der Waals surface area contributed by atoms with Gasteiger partial charge < -0.3 is 10.1 Å². The lowest BCUT2D eigenvalue weighted by molar-refractivity contribution is -0.118. The first-order valence-electron chi connectivity index (χ1n) is 6.89. The van der Waals surface area contributed by atoms with E-state index in [0.717, 1.165) is 17.7 Å². The van der Waals surface area contributed by atoms with Gasteiger partial charge in [0.25, 0.3) is 5.91 Å². The molecule has 1 N–H and O–H groups in total. The highest BCUT2D eigenvalue weighted by Gasteiger charge is 2.09. The molecule has 0 radical (unpaired) electrons. The molecule has 0 unspecified atom stereocenters. The molecule has 0 fully saturated rings. The molecule has 0 spiro atoms. The van der Waals surface area contributed by atoms with Crippen molar-refractivity contribution < 1.29 is 14.3 Å². The molecule has 22 heavy (non-hydrogen) atoms. The standard InChI is InChI=1S/C17H16ClNO3/c1-2-12-5-3-4-6-15(12)19-17(21)11-22-16-8-7-14(18)9-13(16)10-20/h3-10H,2,11H2,1H3,(H,19,21). The van der Waals surface area contributed by atoms with Gasteiger partial charge in [0.15, 0.2) is 12.9 Å². The molecule has 0 aliphatic heterocycles. The summed E-state index contributed by atoms with van der Waals surface area (Å²) in [6, 6.07) is 12.3. The van der Waals surface area contributed by atoms with Crippen LogP contribution in [0.1, 0.15) is 22.8 Å². The highest BCUT2D eigenvalue weighted by Crippen LogP contribution is 2.21. The van der Waals surface area contributed by atoms with E-state index in [0.29, 0.717) is 22.6 Å². The van der Waals surface area contributed by atoms with Gasteiger partial charge in [0.05, 0.1) is 5.56 Å². The van der Waals surface area contributed by atoms with Crippen molar-refractivity contribution in [1.29, 1.82) is 0 Å². The van der Waals surface area contributed by atoms with E-state index in [1.54, 1.807) is 12.1 Å². The Balaban J connectivity index is 2.00. The number of aldehydes is 1. The summed E-state index contributed by atoms with van der Waals surface area (Å²) in [5, 5.41) is 3.24. The van der Waals surface area contributed by atoms with E-state index in [1.165, 1.54) is 6.07 Å². The molecule has 5 heteroatoms. The largest absolute Gasteiger partial charge is 0.483 e. The third-order valence-corrected chi connectivity index (χ3v) is 3.37. The van der Waals surface area contributed by atoms with Crippen LogP contribution in [0.4, 0.5) is 5.69 Å². The van der Waals surface area contributed by atoms with Crippen LogP contribution >= 0.6 is 11.6 Å². The van der Waals surface area contributed by atoms with Gasteiger partial charge in [-0.15, -0.1) is 0 Å². The van der Waals surface area contributed by atoms with Crippen LogP contribution in [0, 0.1) is 0 Å². The van der Waals surface area contributed by atoms with E-state index in [-0.39, 0.29) is 12.5 Å². The summed E-state index contributed by atoms with van der Waals surface area (Å²) in [7, 11) is 0. The minimum atomic E-state index is -0.285. The zero-order chi connectivity index (χ0) is 15.9. The Bertz CT molecular complexity index is 685. The Morgan fingerprint density at radius 2 is 2.05 bits per heavy atom. The normalized spacial score (nSPS) is 10.1. The number of para-hydroxylation sites is 1. The summed E-state index contributed by atoms with van der Waals surface area (Å²) in [5.74, 6) is 0.0472. The molecule has 1 amide bonds. The second-order valence-electron chi connectivity index (χ2n) is 4.65. The van der Waals surface area contributed by atoms with Gasteiger partial charge in [-0.2, -0.15) is 0 Å². The van der Waals surface area contributed by atoms with Crippen molar-refractivity contribution in [2.24, 2.45) is 0 Å². The first-order chi connectivity index (χ1) is 10.6. The molecular formula is C17H16ClNO3. The molecular weight excluding hydrogens is 302 g/mol. The van der Waals surface area contributed by atoms with Crippen molar-refractivity contribution in [2.45, 2.75) is 13.3 Å². The second kappa shape index (κ2) is 7.61. The number of aryl methyl sites for hydroxylation is 1. The fourth-order valence-electron chi connectivity index (χ4n) is 2.02. The van der Waals surface area contributed by atoms with Crippen LogP contribution in [-0.2, 0) is 11.2 Å². The van der Waals surface area contributed by atoms with E-state index >= 15 is 0 Å². The zero-order valence-electron chi connectivity index (χ0n) is 12.1. The number of carbonyl (C=O) groups excluding carboxylic acids is 2. The van der Waals surface area contributed by atoms with Crippen molar-refractivity contribution in [2.75, 3.05) is 11.9 Å². The first-order valence-corrected chi connectivity index (χ1v) is 7.27. The fourth-order valence-corrected chi connectivity index (χ4v) is 2.20. The minimum Gasteiger partial charge on any atom is -0.483 e. The molecule has 0 heterocycles. The average Bonchev–Trinajstić information content (AvgIpc) is 2.54. The lowest BCUT2D eigenvalue weighted by atomic mass is 10.1. The number of rotatable bonds is 6. The Labute approximate surface area is 134 Å². The van der Waals surface area contributed by atoms with Crippen molar-refractivity contribution in [1.82, 2.24) is 0 Å². The molecule has 4 nitrogen and oxygen atoms in total. The molecule has 0 aliphatic rings. The molecule has 0 saturated carbocycles. The summed E-state index contributed by atoms with van der Waals surface area (Å²) < 4.78 is 5.39. The maximum atomic E-state index is 12.0. The first kappa shape index (κ1) is 16.0. The number of hydrogen-bond acceptors (Lipinski definition) is 3. The van der Waals surface area contributed by atoms with Crippen LogP contribution in [0.3, 0.4) is 0 Å². The van der Waals surface area contributed by atoms with Gasteiger partial charge in [0.1, 0.15) is 5.75 Å². The molecule has 114 valence electrons. The summed E-state index contributed by atoms with van der Waals surface area (Å²) in [6.07, 6.45) is 1.47. The number of carbonyl (C=O) groups is 2. The van der Waals surface area contributed by atoms with Gasteiger partial charge in [-0.05, 0) is 36.2 Å². The number of anilines is 1. The van der Waals surface area contributed by atoms with Crippen molar-refractivity contribution in [3.8, 4) is 5.75 Å². The highest BCUT2D eigenvalue weighted by atomic mass is 35.5. The number of hydrogen-bond donors (Lipinski definition) is 1. The van der Waals surface area contributed by atoms with E-state index < -0.39 is 0 Å². The Morgan fingerprint density at radius 1 is 1.27 bits per heavy atom. The Morgan fingerprint density at radius 3 is 2.77 bits per heavy atom. The maximum absolute atomic E-state index is 12.0. The number of ether oxygens (including phenoxy) is 1. The number of halogens is 1. The lowest BCUT2D eigenvalue weighted by Gasteiger charge is -2.11. The Hall–Kier alpha value is -2.33. The molecule has 0 aliphatic carbocycles. The van der Waals surface area contributed by atoms with Gasteiger partial charge in [-0.25, -0.2) is 0 Å². The van der Waals surface area contributed by atoms with Gasteiger partial charge in [0.2, 0.25) is 0 Å². The molecule has 2 rings (SSSR count). The van der Waals surface area contributed by atoms with Crippen LogP contribution in [-0.4, -0.2) is 18.8 Å². The van der Waals surface area contributed by atoms with Gasteiger partial charge in [-0.1, -0.05) is 36.7 Å². The highest BCUT2D eigenvalue weighted by molar-refractivity contribution is 6.30. The number of nitrogens with one attached hydrogen (secondary N) is 1. The van der Waals surface area contributed by atoms with Crippen LogP contribution in [0.25, 0.3) is 0 Å². The van der Waals surface area contributed by atoms with Gasteiger partial charge in [-0.3, -0.25) is 9.59 Å². The molecule has 0 atom stereocenters. The predicted molar refractivity (Wildman–Crippen MR) is 86.8 cm³/mol. The number of amides is 1. The van der Waals surface area contributed by atoms with E-state index in [2.05, 4.69) is 5.32 Å². The van der Waals surface area contributed by atoms with Crippen LogP contribution in [0.5, 0.6) is 5.75 Å². The van der Waals surface area contributed by atoms with Crippen LogP contribution in [0.15, 0.2) is 42.5 Å². The van der Waals surface area contributed by atoms with Crippen LogP contribution in [0.2, 0.25) is 5.02 Å². The molecule has 2 aromatic carbocycles. The Kier molecular flexibility index (Phi) is 5.55. The fraction of sp³-hybridized carbons (Fsp3) is 0.176. The van der Waals surface area contributed by atoms with E-state index in [9.17, 15) is 9.59 Å². The van der Waals surface area contributed by atoms with E-state index in [1.807, 2.05) is 31.2 Å². The topological polar surface area (TPSA) is 55.4 Å². The average molecular weight is 318 g/mol. The smallest absolute Gasteiger partial charge is 0.262 e. The SMILES string of the molecule is CCc1ccccc1NC(=O)COc1ccc(Cl)cc1C=O. The zero-order valence-corrected chi connectivity index (χ0v) is 12.9. The van der Waals surface area contributed by atoms with Crippen molar-refractivity contribution in [3.05, 3.63) is 58.6 Å². The summed E-state index contributed by atoms with van der Waals surface area (Å²) >= 11 is 5.81. The molecule has 0 saturated heterocycles. The third kappa shape index (κ3) is 4.09. The summed E-state index contributed by atoms with van der Waals surface area (Å²) in [4.78, 5) is 22.9.